The molecule has 0 saturated carbocycles. The second-order valence-electron chi connectivity index (χ2n) is 4.50. The van der Waals surface area contributed by atoms with Crippen LogP contribution in [0.1, 0.15) is 33.3 Å². The molecule has 0 unspecified atom stereocenters. The van der Waals surface area contributed by atoms with Gasteiger partial charge in [0.1, 0.15) is 11.4 Å². The van der Waals surface area contributed by atoms with Gasteiger partial charge in [0.25, 0.3) is 0 Å². The van der Waals surface area contributed by atoms with Gasteiger partial charge in [-0.1, -0.05) is 17.9 Å². The molecule has 0 fully saturated rings. The van der Waals surface area contributed by atoms with Crippen LogP contribution in [0.15, 0.2) is 24.3 Å². The Hall–Kier alpha value is -1.46. The lowest BCUT2D eigenvalue weighted by Crippen LogP contribution is -2.14. The van der Waals surface area contributed by atoms with Crippen molar-refractivity contribution in [2.45, 2.75) is 39.4 Å². The minimum absolute atomic E-state index is 0.150. The molecule has 0 amide bonds. The van der Waals surface area contributed by atoms with Crippen molar-refractivity contribution in [3.05, 3.63) is 29.8 Å². The number of ether oxygens (including phenoxy) is 1. The second kappa shape index (κ2) is 5.05. The lowest BCUT2D eigenvalue weighted by atomic mass is 10.1. The topological polar surface area (TPSA) is 29.5 Å². The molecule has 0 aliphatic heterocycles. The first-order chi connectivity index (χ1) is 7.37. The Labute approximate surface area is 97.3 Å². The highest BCUT2D eigenvalue weighted by Crippen LogP contribution is 2.14. The average molecular weight is 218 g/mol. The molecular weight excluding hydrogens is 200 g/mol. The molecule has 16 heavy (non-hydrogen) atoms. The normalized spacial score (nSPS) is 10.9. The van der Waals surface area contributed by atoms with Crippen molar-refractivity contribution in [3.8, 4) is 17.6 Å². The summed E-state index contributed by atoms with van der Waals surface area (Å²) in [4.78, 5) is 0. The summed E-state index contributed by atoms with van der Waals surface area (Å²) in [5.74, 6) is 6.49. The zero-order valence-electron chi connectivity index (χ0n) is 10.2. The predicted molar refractivity (Wildman–Crippen MR) is 65.4 cm³/mol. The molecule has 86 valence electrons. The molecule has 2 heteroatoms. The Balaban J connectivity index is 2.85. The van der Waals surface area contributed by atoms with E-state index in [-0.39, 0.29) is 6.10 Å². The molecule has 0 atom stereocenters. The Morgan fingerprint density at radius 3 is 2.56 bits per heavy atom. The fourth-order valence-corrected chi connectivity index (χ4v) is 1.14. The first kappa shape index (κ1) is 12.6. The van der Waals surface area contributed by atoms with Crippen LogP contribution >= 0.6 is 0 Å². The molecule has 1 aromatic carbocycles. The maximum absolute atomic E-state index is 9.49. The van der Waals surface area contributed by atoms with Crippen LogP contribution in [0.5, 0.6) is 5.75 Å². The van der Waals surface area contributed by atoms with Crippen molar-refractivity contribution in [2.24, 2.45) is 0 Å². The molecule has 0 bridgehead atoms. The summed E-state index contributed by atoms with van der Waals surface area (Å²) in [5.41, 5.74) is -0.116. The van der Waals surface area contributed by atoms with Gasteiger partial charge in [-0.3, -0.25) is 0 Å². The Bertz CT molecular complexity index is 403. The fraction of sp³-hybridized carbons (Fsp3) is 0.429. The van der Waals surface area contributed by atoms with Crippen molar-refractivity contribution < 1.29 is 9.84 Å². The maximum Gasteiger partial charge on any atom is 0.120 e. The molecule has 1 rings (SSSR count). The van der Waals surface area contributed by atoms with Crippen molar-refractivity contribution in [2.75, 3.05) is 0 Å². The van der Waals surface area contributed by atoms with E-state index in [0.717, 1.165) is 11.3 Å². The first-order valence-corrected chi connectivity index (χ1v) is 5.39. The highest BCUT2D eigenvalue weighted by atomic mass is 16.5. The summed E-state index contributed by atoms with van der Waals surface area (Å²) in [6, 6.07) is 7.56. The van der Waals surface area contributed by atoms with Gasteiger partial charge in [0.05, 0.1) is 6.10 Å². The number of aliphatic hydroxyl groups is 1. The van der Waals surface area contributed by atoms with Gasteiger partial charge in [0.15, 0.2) is 0 Å². The second-order valence-corrected chi connectivity index (χ2v) is 4.50. The van der Waals surface area contributed by atoms with E-state index in [1.54, 1.807) is 13.8 Å². The Morgan fingerprint density at radius 1 is 1.31 bits per heavy atom. The van der Waals surface area contributed by atoms with Crippen LogP contribution in [-0.4, -0.2) is 16.8 Å². The zero-order valence-corrected chi connectivity index (χ0v) is 10.2. The van der Waals surface area contributed by atoms with Crippen LogP contribution in [0.4, 0.5) is 0 Å². The van der Waals surface area contributed by atoms with E-state index in [4.69, 9.17) is 4.74 Å². The standard InChI is InChI=1S/C14H18O2/c1-11(2)16-13-7-5-6-12(10-13)8-9-14(3,4)15/h5-7,10-11,15H,1-4H3. The molecule has 0 aliphatic rings. The van der Waals surface area contributed by atoms with E-state index < -0.39 is 5.60 Å². The number of benzene rings is 1. The zero-order chi connectivity index (χ0) is 12.2. The monoisotopic (exact) mass is 218 g/mol. The highest BCUT2D eigenvalue weighted by Gasteiger charge is 2.05. The van der Waals surface area contributed by atoms with Crippen LogP contribution in [0.25, 0.3) is 0 Å². The van der Waals surface area contributed by atoms with Crippen molar-refractivity contribution >= 4 is 0 Å². The van der Waals surface area contributed by atoms with Gasteiger partial charge in [-0.25, -0.2) is 0 Å². The number of rotatable bonds is 2. The molecule has 0 aliphatic carbocycles. The Morgan fingerprint density at radius 2 is 2.00 bits per heavy atom. The number of hydrogen-bond acceptors (Lipinski definition) is 2. The van der Waals surface area contributed by atoms with Crippen LogP contribution in [0.3, 0.4) is 0 Å². The number of hydrogen-bond donors (Lipinski definition) is 1. The first-order valence-electron chi connectivity index (χ1n) is 5.39. The van der Waals surface area contributed by atoms with E-state index in [2.05, 4.69) is 11.8 Å². The minimum atomic E-state index is -0.963. The Kier molecular flexibility index (Phi) is 3.98. The molecular formula is C14H18O2. The maximum atomic E-state index is 9.49. The van der Waals surface area contributed by atoms with E-state index in [0.29, 0.717) is 0 Å². The lowest BCUT2D eigenvalue weighted by molar-refractivity contribution is 0.143. The van der Waals surface area contributed by atoms with E-state index in [1.165, 1.54) is 0 Å². The van der Waals surface area contributed by atoms with Gasteiger partial charge in [0.2, 0.25) is 0 Å². The largest absolute Gasteiger partial charge is 0.491 e. The molecule has 2 nitrogen and oxygen atoms in total. The van der Waals surface area contributed by atoms with Crippen molar-refractivity contribution in [1.82, 2.24) is 0 Å². The third-order valence-corrected chi connectivity index (χ3v) is 1.72. The summed E-state index contributed by atoms with van der Waals surface area (Å²) < 4.78 is 5.56. The van der Waals surface area contributed by atoms with E-state index in [9.17, 15) is 5.11 Å². The minimum Gasteiger partial charge on any atom is -0.491 e. The van der Waals surface area contributed by atoms with Gasteiger partial charge < -0.3 is 9.84 Å². The third kappa shape index (κ3) is 4.86. The van der Waals surface area contributed by atoms with Gasteiger partial charge in [-0.2, -0.15) is 0 Å². The quantitative estimate of drug-likeness (QED) is 0.773. The van der Waals surface area contributed by atoms with Crippen LogP contribution in [0, 0.1) is 11.8 Å². The molecule has 0 radical (unpaired) electrons. The summed E-state index contributed by atoms with van der Waals surface area (Å²) >= 11 is 0. The van der Waals surface area contributed by atoms with Gasteiger partial charge in [-0.15, -0.1) is 0 Å². The molecule has 1 aromatic rings. The summed E-state index contributed by atoms with van der Waals surface area (Å²) in [5, 5.41) is 9.49. The van der Waals surface area contributed by atoms with Crippen molar-refractivity contribution in [3.63, 3.8) is 0 Å². The van der Waals surface area contributed by atoms with Crippen LogP contribution in [-0.2, 0) is 0 Å². The predicted octanol–water partition coefficient (Wildman–Crippen LogP) is 2.60. The average Bonchev–Trinajstić information content (AvgIpc) is 2.13. The third-order valence-electron chi connectivity index (χ3n) is 1.72. The summed E-state index contributed by atoms with van der Waals surface area (Å²) in [6.45, 7) is 7.29. The summed E-state index contributed by atoms with van der Waals surface area (Å²) in [6.07, 6.45) is 0.150. The molecule has 0 aromatic heterocycles. The van der Waals surface area contributed by atoms with Crippen LogP contribution < -0.4 is 4.74 Å². The fourth-order valence-electron chi connectivity index (χ4n) is 1.14. The van der Waals surface area contributed by atoms with Crippen LogP contribution in [0.2, 0.25) is 0 Å². The van der Waals surface area contributed by atoms with Gasteiger partial charge in [-0.05, 0) is 45.9 Å². The molecule has 0 saturated heterocycles. The molecule has 0 heterocycles. The highest BCUT2D eigenvalue weighted by molar-refractivity contribution is 5.40. The van der Waals surface area contributed by atoms with E-state index in [1.807, 2.05) is 38.1 Å². The smallest absolute Gasteiger partial charge is 0.120 e. The molecule has 0 spiro atoms. The lowest BCUT2D eigenvalue weighted by Gasteiger charge is -2.09. The van der Waals surface area contributed by atoms with Gasteiger partial charge in [0, 0.05) is 5.56 Å². The van der Waals surface area contributed by atoms with Crippen molar-refractivity contribution in [1.29, 1.82) is 0 Å². The van der Waals surface area contributed by atoms with E-state index >= 15 is 0 Å². The SMILES string of the molecule is CC(C)Oc1cccc(C#CC(C)(C)O)c1. The molecule has 1 N–H and O–H groups in total. The summed E-state index contributed by atoms with van der Waals surface area (Å²) in [7, 11) is 0. The van der Waals surface area contributed by atoms with Gasteiger partial charge >= 0.3 is 0 Å².